The van der Waals surface area contributed by atoms with Gasteiger partial charge in [0, 0.05) is 17.9 Å². The number of para-hydroxylation sites is 1. The topological polar surface area (TPSA) is 105 Å². The predicted octanol–water partition coefficient (Wildman–Crippen LogP) is 3.01. The van der Waals surface area contributed by atoms with Crippen LogP contribution in [0.25, 0.3) is 0 Å². The summed E-state index contributed by atoms with van der Waals surface area (Å²) in [6.07, 6.45) is 1.05. The maximum atomic E-state index is 12.3. The third-order valence-electron chi connectivity index (χ3n) is 4.72. The zero-order valence-electron chi connectivity index (χ0n) is 15.9. The van der Waals surface area contributed by atoms with Crippen molar-refractivity contribution in [3.63, 3.8) is 0 Å². The highest BCUT2D eigenvalue weighted by Crippen LogP contribution is 2.21. The lowest BCUT2D eigenvalue weighted by Crippen LogP contribution is -2.37. The Bertz CT molecular complexity index is 795. The Morgan fingerprint density at radius 3 is 2.29 bits per heavy atom. The van der Waals surface area contributed by atoms with Crippen LogP contribution >= 0.6 is 0 Å². The van der Waals surface area contributed by atoms with Gasteiger partial charge in [-0.05, 0) is 49.6 Å². The van der Waals surface area contributed by atoms with Crippen molar-refractivity contribution in [1.82, 2.24) is 5.32 Å². The predicted molar refractivity (Wildman–Crippen MR) is 109 cm³/mol. The van der Waals surface area contributed by atoms with Crippen molar-refractivity contribution >= 4 is 23.3 Å². The summed E-state index contributed by atoms with van der Waals surface area (Å²) in [6, 6.07) is 16.1. The van der Waals surface area contributed by atoms with E-state index in [0.29, 0.717) is 18.7 Å². The van der Waals surface area contributed by atoms with Crippen LogP contribution in [0, 0.1) is 0 Å². The zero-order chi connectivity index (χ0) is 19.9. The van der Waals surface area contributed by atoms with Crippen LogP contribution in [-0.4, -0.2) is 30.7 Å². The smallest absolute Gasteiger partial charge is 0.323 e. The molecule has 5 N–H and O–H groups in total. The molecule has 0 aliphatic carbocycles. The molecule has 1 unspecified atom stereocenters. The van der Waals surface area contributed by atoms with Crippen molar-refractivity contribution in [2.45, 2.75) is 38.0 Å². The van der Waals surface area contributed by atoms with Gasteiger partial charge in [-0.25, -0.2) is 4.79 Å². The molecule has 3 rings (SSSR count). The first-order valence-electron chi connectivity index (χ1n) is 9.44. The Balaban J connectivity index is 1.50. The van der Waals surface area contributed by atoms with Gasteiger partial charge < -0.3 is 26.4 Å². The summed E-state index contributed by atoms with van der Waals surface area (Å²) < 4.78 is 5.63. The van der Waals surface area contributed by atoms with E-state index in [1.807, 2.05) is 49.4 Å². The van der Waals surface area contributed by atoms with Crippen molar-refractivity contribution in [2.75, 3.05) is 17.2 Å². The minimum absolute atomic E-state index is 0.0292. The maximum absolute atomic E-state index is 12.3. The molecular weight excluding hydrogens is 356 g/mol. The van der Waals surface area contributed by atoms with Gasteiger partial charge in [-0.2, -0.15) is 0 Å². The number of amides is 3. The van der Waals surface area contributed by atoms with Crippen LogP contribution in [0.5, 0.6) is 0 Å². The van der Waals surface area contributed by atoms with Crippen molar-refractivity contribution in [1.29, 1.82) is 0 Å². The molecule has 1 aliphatic rings. The molecule has 2 aromatic carbocycles. The van der Waals surface area contributed by atoms with Crippen molar-refractivity contribution in [3.05, 3.63) is 60.2 Å². The minimum Gasteiger partial charge on any atom is -0.364 e. The van der Waals surface area contributed by atoms with E-state index in [-0.39, 0.29) is 24.1 Å². The molecule has 28 heavy (non-hydrogen) atoms. The van der Waals surface area contributed by atoms with Gasteiger partial charge >= 0.3 is 6.03 Å². The number of rotatable bonds is 6. The van der Waals surface area contributed by atoms with E-state index in [9.17, 15) is 9.59 Å². The molecule has 3 atom stereocenters. The van der Waals surface area contributed by atoms with E-state index in [1.165, 1.54) is 0 Å². The minimum atomic E-state index is -0.432. The lowest BCUT2D eigenvalue weighted by Gasteiger charge is -2.18. The van der Waals surface area contributed by atoms with Gasteiger partial charge in [-0.1, -0.05) is 30.3 Å². The molecule has 0 bridgehead atoms. The highest BCUT2D eigenvalue weighted by molar-refractivity contribution is 5.99. The second-order valence-electron chi connectivity index (χ2n) is 6.86. The van der Waals surface area contributed by atoms with Crippen LogP contribution in [0.4, 0.5) is 16.2 Å². The molecule has 148 valence electrons. The van der Waals surface area contributed by atoms with Crippen molar-refractivity contribution < 1.29 is 14.3 Å². The molecule has 3 amide bonds. The fourth-order valence-electron chi connectivity index (χ4n) is 3.13. The first-order valence-corrected chi connectivity index (χ1v) is 9.44. The molecular formula is C21H26N4O3. The fraction of sp³-hybridized carbons (Fsp3) is 0.333. The van der Waals surface area contributed by atoms with Gasteiger partial charge in [-0.3, -0.25) is 4.79 Å². The number of nitrogens with one attached hydrogen (secondary N) is 3. The first-order chi connectivity index (χ1) is 13.5. The van der Waals surface area contributed by atoms with Crippen LogP contribution in [0.3, 0.4) is 0 Å². The number of urea groups is 1. The molecule has 0 saturated carbocycles. The lowest BCUT2D eigenvalue weighted by molar-refractivity contribution is -0.132. The average molecular weight is 382 g/mol. The quantitative estimate of drug-likeness (QED) is 0.616. The normalized spacial score (nSPS) is 19.6. The summed E-state index contributed by atoms with van der Waals surface area (Å²) in [7, 11) is 0. The maximum Gasteiger partial charge on any atom is 0.323 e. The molecule has 1 saturated heterocycles. The zero-order valence-corrected chi connectivity index (χ0v) is 15.9. The summed E-state index contributed by atoms with van der Waals surface area (Å²) in [4.78, 5) is 24.4. The molecule has 0 radical (unpaired) electrons. The highest BCUT2D eigenvalue weighted by atomic mass is 16.5. The Hall–Kier alpha value is -2.90. The molecule has 7 nitrogen and oxygen atoms in total. The molecule has 0 spiro atoms. The van der Waals surface area contributed by atoms with E-state index < -0.39 is 6.10 Å². The SMILES string of the molecule is CC(NC(=O)[C@@H]1CC[C@H](CN)O1)c1ccc(NC(=O)Nc2ccccc2)cc1. The molecule has 1 heterocycles. The molecule has 7 heteroatoms. The second-order valence-corrected chi connectivity index (χ2v) is 6.86. The van der Waals surface area contributed by atoms with Crippen LogP contribution in [-0.2, 0) is 9.53 Å². The average Bonchev–Trinajstić information content (AvgIpc) is 3.18. The molecule has 1 aliphatic heterocycles. The Labute approximate surface area is 164 Å². The number of carbonyl (C=O) groups excluding carboxylic acids is 2. The number of hydrogen-bond acceptors (Lipinski definition) is 4. The lowest BCUT2D eigenvalue weighted by atomic mass is 10.1. The van der Waals surface area contributed by atoms with Crippen LogP contribution in [0.2, 0.25) is 0 Å². The first kappa shape index (κ1) is 19.9. The van der Waals surface area contributed by atoms with Gasteiger partial charge in [-0.15, -0.1) is 0 Å². The number of hydrogen-bond donors (Lipinski definition) is 4. The molecule has 1 fully saturated rings. The van der Waals surface area contributed by atoms with E-state index in [1.54, 1.807) is 12.1 Å². The Morgan fingerprint density at radius 1 is 1.04 bits per heavy atom. The Kier molecular flexibility index (Phi) is 6.62. The van der Waals surface area contributed by atoms with Crippen molar-refractivity contribution in [2.24, 2.45) is 5.73 Å². The fourth-order valence-corrected chi connectivity index (χ4v) is 3.13. The summed E-state index contributed by atoms with van der Waals surface area (Å²) in [5.74, 6) is -0.118. The summed E-state index contributed by atoms with van der Waals surface area (Å²) in [5.41, 5.74) is 7.92. The summed E-state index contributed by atoms with van der Waals surface area (Å²) in [6.45, 7) is 2.35. The largest absolute Gasteiger partial charge is 0.364 e. The number of nitrogens with two attached hydrogens (primary N) is 1. The van der Waals surface area contributed by atoms with Crippen LogP contribution in [0.15, 0.2) is 54.6 Å². The van der Waals surface area contributed by atoms with Crippen molar-refractivity contribution in [3.8, 4) is 0 Å². The summed E-state index contributed by atoms with van der Waals surface area (Å²) >= 11 is 0. The van der Waals surface area contributed by atoms with E-state index in [2.05, 4.69) is 16.0 Å². The molecule has 0 aromatic heterocycles. The monoisotopic (exact) mass is 382 g/mol. The van der Waals surface area contributed by atoms with Crippen LogP contribution in [0.1, 0.15) is 31.4 Å². The third kappa shape index (κ3) is 5.31. The van der Waals surface area contributed by atoms with Gasteiger partial charge in [0.1, 0.15) is 6.10 Å². The highest BCUT2D eigenvalue weighted by Gasteiger charge is 2.30. The standard InChI is InChI=1S/C21H26N4O3/c1-14(23-20(26)19-12-11-18(13-22)28-19)15-7-9-17(10-8-15)25-21(27)24-16-5-3-2-4-6-16/h2-10,14,18-19H,11-13,22H2,1H3,(H,23,26)(H2,24,25,27)/t14?,18-,19+/m1/s1. The number of anilines is 2. The second kappa shape index (κ2) is 9.34. The van der Waals surface area contributed by atoms with Gasteiger partial charge in [0.2, 0.25) is 5.91 Å². The number of carbonyl (C=O) groups is 2. The summed E-state index contributed by atoms with van der Waals surface area (Å²) in [5, 5.41) is 8.52. The van der Waals surface area contributed by atoms with Gasteiger partial charge in [0.05, 0.1) is 12.1 Å². The Morgan fingerprint density at radius 2 is 1.68 bits per heavy atom. The third-order valence-corrected chi connectivity index (χ3v) is 4.72. The van der Waals surface area contributed by atoms with Crippen LogP contribution < -0.4 is 21.7 Å². The number of ether oxygens (including phenoxy) is 1. The van der Waals surface area contributed by atoms with E-state index in [4.69, 9.17) is 10.5 Å². The van der Waals surface area contributed by atoms with E-state index in [0.717, 1.165) is 17.7 Å². The number of benzene rings is 2. The van der Waals surface area contributed by atoms with Gasteiger partial charge in [0.25, 0.3) is 0 Å². The van der Waals surface area contributed by atoms with Gasteiger partial charge in [0.15, 0.2) is 0 Å². The molecule has 2 aromatic rings. The van der Waals surface area contributed by atoms with E-state index >= 15 is 0 Å².